The van der Waals surface area contributed by atoms with Gasteiger partial charge in [-0.3, -0.25) is 4.31 Å². The molecule has 0 spiro atoms. The van der Waals surface area contributed by atoms with Gasteiger partial charge >= 0.3 is 0 Å². The Kier molecular flexibility index (Phi) is 2.98. The van der Waals surface area contributed by atoms with Crippen LogP contribution in [0.15, 0.2) is 16.9 Å². The molecule has 0 saturated carbocycles. The van der Waals surface area contributed by atoms with E-state index in [9.17, 15) is 8.42 Å². The highest BCUT2D eigenvalue weighted by Crippen LogP contribution is 2.35. The van der Waals surface area contributed by atoms with Crippen LogP contribution >= 0.6 is 15.9 Å². The second-order valence-corrected chi connectivity index (χ2v) is 8.50. The molecule has 17 heavy (non-hydrogen) atoms. The average Bonchev–Trinajstić information content (AvgIpc) is 2.58. The van der Waals surface area contributed by atoms with E-state index in [0.717, 1.165) is 17.7 Å². The smallest absolute Gasteiger partial charge is 0.240 e. The molecule has 0 saturated heterocycles. The van der Waals surface area contributed by atoms with Crippen LogP contribution in [0.4, 0.5) is 5.69 Å². The number of hydrogen-bond donors (Lipinski definition) is 0. The molecule has 0 aliphatic carbocycles. The number of sulfonamides is 1. The van der Waals surface area contributed by atoms with Gasteiger partial charge in [0.1, 0.15) is 4.60 Å². The highest BCUT2D eigenvalue weighted by molar-refractivity contribution is 9.10. The van der Waals surface area contributed by atoms with Crippen molar-refractivity contribution in [2.75, 3.05) is 10.8 Å². The van der Waals surface area contributed by atoms with Crippen molar-refractivity contribution in [2.24, 2.45) is 0 Å². The maximum Gasteiger partial charge on any atom is 0.240 e. The third-order valence-corrected chi connectivity index (χ3v) is 5.79. The summed E-state index contributed by atoms with van der Waals surface area (Å²) in [5, 5.41) is 0. The first-order valence-electron chi connectivity index (χ1n) is 5.40. The van der Waals surface area contributed by atoms with Crippen molar-refractivity contribution in [1.82, 2.24) is 4.98 Å². The highest BCUT2D eigenvalue weighted by Gasteiger charge is 2.38. The van der Waals surface area contributed by atoms with Gasteiger partial charge in [0.2, 0.25) is 10.0 Å². The molecule has 0 unspecified atom stereocenters. The lowest BCUT2D eigenvalue weighted by molar-refractivity contribution is 0.556. The number of fused-ring (bicyclic) bond motifs is 1. The second kappa shape index (κ2) is 3.95. The molecule has 6 heteroatoms. The van der Waals surface area contributed by atoms with Crippen LogP contribution in [0.3, 0.4) is 0 Å². The number of rotatable bonds is 1. The van der Waals surface area contributed by atoms with E-state index in [4.69, 9.17) is 0 Å². The predicted octanol–water partition coefficient (Wildman–Crippen LogP) is 2.33. The lowest BCUT2D eigenvalue weighted by Gasteiger charge is -2.28. The van der Waals surface area contributed by atoms with E-state index >= 15 is 0 Å². The van der Waals surface area contributed by atoms with Gasteiger partial charge in [-0.2, -0.15) is 0 Å². The van der Waals surface area contributed by atoms with Crippen LogP contribution in [0.5, 0.6) is 0 Å². The molecule has 0 bridgehead atoms. The molecule has 0 aromatic carbocycles. The van der Waals surface area contributed by atoms with Gasteiger partial charge in [0.15, 0.2) is 0 Å². The third-order valence-electron chi connectivity index (χ3n) is 2.85. The van der Waals surface area contributed by atoms with E-state index in [1.165, 1.54) is 4.31 Å². The Labute approximate surface area is 110 Å². The summed E-state index contributed by atoms with van der Waals surface area (Å²) >= 11 is 3.28. The molecule has 0 N–H and O–H groups in total. The van der Waals surface area contributed by atoms with Crippen molar-refractivity contribution in [3.63, 3.8) is 0 Å². The minimum Gasteiger partial charge on any atom is -0.269 e. The molecule has 1 aromatic rings. The van der Waals surface area contributed by atoms with Crippen LogP contribution in [-0.4, -0.2) is 24.7 Å². The van der Waals surface area contributed by atoms with Crippen molar-refractivity contribution in [1.29, 1.82) is 0 Å². The zero-order chi connectivity index (χ0) is 12.8. The van der Waals surface area contributed by atoms with Gasteiger partial charge < -0.3 is 0 Å². The second-order valence-electron chi connectivity index (χ2n) is 5.08. The van der Waals surface area contributed by atoms with Crippen molar-refractivity contribution < 1.29 is 8.42 Å². The van der Waals surface area contributed by atoms with E-state index in [1.807, 2.05) is 0 Å². The number of halogens is 1. The third kappa shape index (κ3) is 2.08. The summed E-state index contributed by atoms with van der Waals surface area (Å²) in [4.78, 5) is 4.12. The Morgan fingerprint density at radius 2 is 2.06 bits per heavy atom. The topological polar surface area (TPSA) is 50.3 Å². The normalized spacial score (nSPS) is 16.1. The molecule has 4 nitrogen and oxygen atoms in total. The van der Waals surface area contributed by atoms with Crippen LogP contribution in [0.1, 0.15) is 26.3 Å². The lowest BCUT2D eigenvalue weighted by atomic mass is 10.2. The highest BCUT2D eigenvalue weighted by atomic mass is 79.9. The summed E-state index contributed by atoms with van der Waals surface area (Å²) in [6.45, 7) is 5.66. The number of hydrogen-bond acceptors (Lipinski definition) is 3. The summed E-state index contributed by atoms with van der Waals surface area (Å²) in [7, 11) is -3.32. The van der Waals surface area contributed by atoms with Crippen molar-refractivity contribution in [2.45, 2.75) is 31.9 Å². The van der Waals surface area contributed by atoms with Crippen LogP contribution < -0.4 is 4.31 Å². The molecule has 0 fully saturated rings. The molecule has 2 rings (SSSR count). The summed E-state index contributed by atoms with van der Waals surface area (Å²) in [6.07, 6.45) is 2.46. The van der Waals surface area contributed by atoms with Gasteiger partial charge in [-0.1, -0.05) is 0 Å². The van der Waals surface area contributed by atoms with Gasteiger partial charge in [0.05, 0.1) is 10.4 Å². The molecular weight excluding hydrogens is 304 g/mol. The number of pyridine rings is 1. The molecule has 1 aliphatic rings. The minimum atomic E-state index is -3.32. The van der Waals surface area contributed by atoms with Gasteiger partial charge in [0, 0.05) is 12.7 Å². The lowest BCUT2D eigenvalue weighted by Crippen LogP contribution is -2.42. The fourth-order valence-electron chi connectivity index (χ4n) is 1.80. The molecule has 1 aromatic heterocycles. The summed E-state index contributed by atoms with van der Waals surface area (Å²) in [6, 6.07) is 1.77. The monoisotopic (exact) mass is 318 g/mol. The van der Waals surface area contributed by atoms with Gasteiger partial charge in [-0.15, -0.1) is 0 Å². The van der Waals surface area contributed by atoms with Crippen LogP contribution in [0.25, 0.3) is 0 Å². The van der Waals surface area contributed by atoms with E-state index < -0.39 is 14.8 Å². The van der Waals surface area contributed by atoms with Gasteiger partial charge in [0.25, 0.3) is 0 Å². The number of nitrogens with zero attached hydrogens (tertiary/aromatic N) is 2. The number of anilines is 1. The molecule has 2 heterocycles. The van der Waals surface area contributed by atoms with Crippen LogP contribution in [0.2, 0.25) is 0 Å². The van der Waals surface area contributed by atoms with Crippen LogP contribution in [-0.2, 0) is 16.4 Å². The Morgan fingerprint density at radius 3 is 2.65 bits per heavy atom. The fraction of sp³-hybridized carbons (Fsp3) is 0.545. The van der Waals surface area contributed by atoms with E-state index in [0.29, 0.717) is 11.1 Å². The summed E-state index contributed by atoms with van der Waals surface area (Å²) < 4.78 is 26.2. The maximum atomic E-state index is 12.4. The Bertz CT molecular complexity index is 549. The average molecular weight is 319 g/mol. The molecule has 0 amide bonds. The SMILES string of the molecule is CC(C)(C)S(=O)(=O)N1CCc2cnc(Br)cc21. The molecule has 0 atom stereocenters. The Morgan fingerprint density at radius 1 is 1.41 bits per heavy atom. The van der Waals surface area contributed by atoms with E-state index in [2.05, 4.69) is 20.9 Å². The first kappa shape index (κ1) is 12.8. The quantitative estimate of drug-likeness (QED) is 0.747. The minimum absolute atomic E-state index is 0.507. The maximum absolute atomic E-state index is 12.4. The van der Waals surface area contributed by atoms with E-state index in [1.54, 1.807) is 33.0 Å². The van der Waals surface area contributed by atoms with Crippen LogP contribution in [0, 0.1) is 0 Å². The van der Waals surface area contributed by atoms with Crippen molar-refractivity contribution in [3.05, 3.63) is 22.4 Å². The largest absolute Gasteiger partial charge is 0.269 e. The Hall–Kier alpha value is -0.620. The summed E-state index contributed by atoms with van der Waals surface area (Å²) in [5.41, 5.74) is 1.74. The zero-order valence-electron chi connectivity index (χ0n) is 10.1. The van der Waals surface area contributed by atoms with Crippen molar-refractivity contribution >= 4 is 31.6 Å². The standard InChI is InChI=1S/C11H15BrN2O2S/c1-11(2,3)17(15,16)14-5-4-8-7-13-10(12)6-9(8)14/h6-7H,4-5H2,1-3H3. The van der Waals surface area contributed by atoms with E-state index in [-0.39, 0.29) is 0 Å². The van der Waals surface area contributed by atoms with Gasteiger partial charge in [-0.05, 0) is 54.8 Å². The fourth-order valence-corrected chi connectivity index (χ4v) is 3.54. The van der Waals surface area contributed by atoms with Crippen molar-refractivity contribution in [3.8, 4) is 0 Å². The first-order valence-corrected chi connectivity index (χ1v) is 7.63. The number of aromatic nitrogens is 1. The molecule has 1 aliphatic heterocycles. The Balaban J connectivity index is 2.51. The molecule has 0 radical (unpaired) electrons. The van der Waals surface area contributed by atoms with Gasteiger partial charge in [-0.25, -0.2) is 13.4 Å². The summed E-state index contributed by atoms with van der Waals surface area (Å²) in [5.74, 6) is 0. The zero-order valence-corrected chi connectivity index (χ0v) is 12.5. The molecular formula is C11H15BrN2O2S. The predicted molar refractivity (Wildman–Crippen MR) is 71.7 cm³/mol. The first-order chi connectivity index (χ1) is 7.73. The molecule has 94 valence electrons.